The number of benzene rings is 1. The van der Waals surface area contributed by atoms with Gasteiger partial charge in [-0.1, -0.05) is 15.9 Å². The van der Waals surface area contributed by atoms with E-state index >= 15 is 0 Å². The van der Waals surface area contributed by atoms with Gasteiger partial charge in [0.25, 0.3) is 5.78 Å². The summed E-state index contributed by atoms with van der Waals surface area (Å²) in [6.07, 6.45) is 0. The van der Waals surface area contributed by atoms with Crippen LogP contribution in [0.2, 0.25) is 0 Å². The number of Topliss-reactive ketones (excluding diaryl/α,β-unsaturated/α-hetero) is 1. The van der Waals surface area contributed by atoms with Crippen molar-refractivity contribution in [3.63, 3.8) is 0 Å². The first-order valence-electron chi connectivity index (χ1n) is 3.75. The van der Waals surface area contributed by atoms with Crippen molar-refractivity contribution >= 4 is 21.7 Å². The molecule has 0 amide bonds. The van der Waals surface area contributed by atoms with E-state index in [1.807, 2.05) is 0 Å². The van der Waals surface area contributed by atoms with Gasteiger partial charge in [-0.25, -0.2) is 6.57 Å². The molecule has 0 heterocycles. The van der Waals surface area contributed by atoms with Gasteiger partial charge in [-0.3, -0.25) is 9.64 Å². The Labute approximate surface area is 89.9 Å². The highest BCUT2D eigenvalue weighted by molar-refractivity contribution is 9.10. The number of carbonyl (C=O) groups is 1. The molecule has 4 heteroatoms. The minimum Gasteiger partial charge on any atom is -0.288 e. The quantitative estimate of drug-likeness (QED) is 0.596. The maximum Gasteiger partial charge on any atom is 0.368 e. The fourth-order valence-corrected chi connectivity index (χ4v) is 1.18. The Hall–Kier alpha value is -1.65. The van der Waals surface area contributed by atoms with Crippen LogP contribution in [0.25, 0.3) is 4.85 Å². The first kappa shape index (κ1) is 10.4. The lowest BCUT2D eigenvalue weighted by Gasteiger charge is -1.97. The second-order valence-electron chi connectivity index (χ2n) is 2.53. The van der Waals surface area contributed by atoms with E-state index in [-0.39, 0.29) is 0 Å². The number of halogens is 1. The zero-order valence-electron chi connectivity index (χ0n) is 7.07. The van der Waals surface area contributed by atoms with Gasteiger partial charge in [0.1, 0.15) is 0 Å². The monoisotopic (exact) mass is 248 g/mol. The molecule has 14 heavy (non-hydrogen) atoms. The predicted octanol–water partition coefficient (Wildman–Crippen LogP) is 2.44. The van der Waals surface area contributed by atoms with E-state index in [2.05, 4.69) is 20.8 Å². The second-order valence-corrected chi connectivity index (χ2v) is 3.45. The lowest BCUT2D eigenvalue weighted by Crippen LogP contribution is -2.14. The summed E-state index contributed by atoms with van der Waals surface area (Å²) in [5.74, 6) is -0.449. The number of nitriles is 1. The zero-order chi connectivity index (χ0) is 10.6. The van der Waals surface area contributed by atoms with Crippen molar-refractivity contribution in [3.8, 4) is 6.07 Å². The SMILES string of the molecule is [C-]#[N+]C(C#N)C(=O)c1ccc(Br)cc1. The highest BCUT2D eigenvalue weighted by Crippen LogP contribution is 2.12. The summed E-state index contributed by atoms with van der Waals surface area (Å²) < 4.78 is 0.852. The van der Waals surface area contributed by atoms with Crippen LogP contribution >= 0.6 is 15.9 Å². The third-order valence-electron chi connectivity index (χ3n) is 1.63. The first-order valence-corrected chi connectivity index (χ1v) is 4.54. The average molecular weight is 249 g/mol. The van der Waals surface area contributed by atoms with Gasteiger partial charge >= 0.3 is 6.04 Å². The largest absolute Gasteiger partial charge is 0.368 e. The van der Waals surface area contributed by atoms with Crippen LogP contribution in [-0.4, -0.2) is 11.8 Å². The maximum absolute atomic E-state index is 11.5. The van der Waals surface area contributed by atoms with Gasteiger partial charge in [0.2, 0.25) is 0 Å². The number of ketones is 1. The Balaban J connectivity index is 2.97. The molecule has 1 aromatic carbocycles. The van der Waals surface area contributed by atoms with Crippen LogP contribution in [0.1, 0.15) is 10.4 Å². The number of nitrogens with zero attached hydrogens (tertiary/aromatic N) is 2. The van der Waals surface area contributed by atoms with Crippen molar-refractivity contribution < 1.29 is 4.79 Å². The number of carbonyl (C=O) groups excluding carboxylic acids is 1. The van der Waals surface area contributed by atoms with Crippen LogP contribution in [0, 0.1) is 17.9 Å². The van der Waals surface area contributed by atoms with E-state index in [1.165, 1.54) is 0 Å². The Morgan fingerprint density at radius 2 is 2.07 bits per heavy atom. The molecule has 0 aliphatic heterocycles. The molecule has 0 radical (unpaired) electrons. The maximum atomic E-state index is 11.5. The van der Waals surface area contributed by atoms with Crippen LogP contribution in [0.3, 0.4) is 0 Å². The van der Waals surface area contributed by atoms with Crippen LogP contribution in [0.15, 0.2) is 28.7 Å². The minimum atomic E-state index is -1.23. The molecule has 3 nitrogen and oxygen atoms in total. The van der Waals surface area contributed by atoms with Crippen LogP contribution in [-0.2, 0) is 0 Å². The summed E-state index contributed by atoms with van der Waals surface area (Å²) >= 11 is 3.23. The number of rotatable bonds is 2. The van der Waals surface area contributed by atoms with E-state index < -0.39 is 11.8 Å². The van der Waals surface area contributed by atoms with Gasteiger partial charge in [-0.2, -0.15) is 5.26 Å². The Morgan fingerprint density at radius 1 is 1.50 bits per heavy atom. The number of hydrogen-bond donors (Lipinski definition) is 0. The van der Waals surface area contributed by atoms with Crippen molar-refractivity contribution in [3.05, 3.63) is 45.7 Å². The van der Waals surface area contributed by atoms with Gasteiger partial charge in [-0.05, 0) is 24.3 Å². The molecule has 0 aliphatic rings. The van der Waals surface area contributed by atoms with E-state index in [4.69, 9.17) is 11.8 Å². The smallest absolute Gasteiger partial charge is 0.288 e. The molecule has 0 N–H and O–H groups in total. The fourth-order valence-electron chi connectivity index (χ4n) is 0.918. The highest BCUT2D eigenvalue weighted by atomic mass is 79.9. The van der Waals surface area contributed by atoms with E-state index in [0.29, 0.717) is 5.56 Å². The lowest BCUT2D eigenvalue weighted by atomic mass is 10.1. The van der Waals surface area contributed by atoms with E-state index in [1.54, 1.807) is 30.3 Å². The standard InChI is InChI=1S/C10H5BrN2O/c1-13-9(6-12)10(14)7-2-4-8(11)5-3-7/h2-5,9H. The predicted molar refractivity (Wildman–Crippen MR) is 54.5 cm³/mol. The normalized spacial score (nSPS) is 11.1. The van der Waals surface area contributed by atoms with Crippen LogP contribution < -0.4 is 0 Å². The summed E-state index contributed by atoms with van der Waals surface area (Å²) in [7, 11) is 0. The summed E-state index contributed by atoms with van der Waals surface area (Å²) in [5.41, 5.74) is 0.385. The highest BCUT2D eigenvalue weighted by Gasteiger charge is 2.23. The Bertz CT molecular complexity index is 411. The molecule has 0 saturated heterocycles. The summed E-state index contributed by atoms with van der Waals surface area (Å²) in [6, 6.07) is 6.99. The molecule has 1 atom stereocenters. The molecular weight excluding hydrogens is 244 g/mol. The molecule has 1 aromatic rings. The molecule has 0 aromatic heterocycles. The molecule has 0 saturated carbocycles. The molecule has 0 spiro atoms. The van der Waals surface area contributed by atoms with E-state index in [9.17, 15) is 4.79 Å². The van der Waals surface area contributed by atoms with Crippen LogP contribution in [0.4, 0.5) is 0 Å². The lowest BCUT2D eigenvalue weighted by molar-refractivity contribution is 0.0991. The van der Waals surface area contributed by atoms with Crippen molar-refractivity contribution in [2.45, 2.75) is 6.04 Å². The third-order valence-corrected chi connectivity index (χ3v) is 2.16. The van der Waals surface area contributed by atoms with Gasteiger partial charge in [-0.15, -0.1) is 0 Å². The number of hydrogen-bond acceptors (Lipinski definition) is 2. The van der Waals surface area contributed by atoms with E-state index in [0.717, 1.165) is 4.47 Å². The Morgan fingerprint density at radius 3 is 2.50 bits per heavy atom. The van der Waals surface area contributed by atoms with Gasteiger partial charge in [0, 0.05) is 10.0 Å². The third kappa shape index (κ3) is 2.18. The summed E-state index contributed by atoms with van der Waals surface area (Å²) in [4.78, 5) is 14.4. The summed E-state index contributed by atoms with van der Waals surface area (Å²) in [6.45, 7) is 6.65. The Kier molecular flexibility index (Phi) is 3.39. The first-order chi connectivity index (χ1) is 6.69. The van der Waals surface area contributed by atoms with Crippen molar-refractivity contribution in [1.82, 2.24) is 0 Å². The molecule has 1 rings (SSSR count). The molecule has 0 fully saturated rings. The van der Waals surface area contributed by atoms with Crippen LogP contribution in [0.5, 0.6) is 0 Å². The summed E-state index contributed by atoms with van der Waals surface area (Å²) in [5, 5.41) is 8.52. The molecule has 1 unspecified atom stereocenters. The van der Waals surface area contributed by atoms with Crippen molar-refractivity contribution in [1.29, 1.82) is 5.26 Å². The van der Waals surface area contributed by atoms with Gasteiger partial charge in [0.05, 0.1) is 0 Å². The van der Waals surface area contributed by atoms with Gasteiger partial charge < -0.3 is 0 Å². The average Bonchev–Trinajstić information content (AvgIpc) is 2.20. The van der Waals surface area contributed by atoms with Crippen molar-refractivity contribution in [2.24, 2.45) is 0 Å². The minimum absolute atomic E-state index is 0.385. The molecule has 0 bridgehead atoms. The molecule has 0 aliphatic carbocycles. The van der Waals surface area contributed by atoms with Crippen molar-refractivity contribution in [2.75, 3.05) is 0 Å². The second kappa shape index (κ2) is 4.55. The topological polar surface area (TPSA) is 45.2 Å². The molecule has 68 valence electrons. The fraction of sp³-hybridized carbons (Fsp3) is 0.100. The van der Waals surface area contributed by atoms with Gasteiger partial charge in [0.15, 0.2) is 6.07 Å². The molecular formula is C10H5BrN2O. The zero-order valence-corrected chi connectivity index (χ0v) is 8.65.